The van der Waals surface area contributed by atoms with Gasteiger partial charge in [0.05, 0.1) is 31.6 Å². The number of rotatable bonds is 7. The van der Waals surface area contributed by atoms with Crippen molar-refractivity contribution < 1.29 is 19.0 Å². The summed E-state index contributed by atoms with van der Waals surface area (Å²) in [5.74, 6) is 1.84. The van der Waals surface area contributed by atoms with Gasteiger partial charge in [-0.05, 0) is 71.1 Å². The highest BCUT2D eigenvalue weighted by Gasteiger charge is 2.36. The number of pyridine rings is 1. The number of carbonyl (C=O) groups excluding carboxylic acids is 1. The van der Waals surface area contributed by atoms with Crippen molar-refractivity contribution >= 4 is 22.3 Å². The smallest absolute Gasteiger partial charge is 0.261 e. The second-order valence-electron chi connectivity index (χ2n) is 10.2. The van der Waals surface area contributed by atoms with E-state index in [2.05, 4.69) is 36.6 Å². The highest BCUT2D eigenvalue weighted by Crippen LogP contribution is 2.39. The van der Waals surface area contributed by atoms with Crippen molar-refractivity contribution in [2.24, 2.45) is 0 Å². The molecule has 3 aromatic carbocycles. The van der Waals surface area contributed by atoms with Crippen LogP contribution in [-0.2, 0) is 17.6 Å². The fourth-order valence-corrected chi connectivity index (χ4v) is 5.77. The Morgan fingerprint density at radius 3 is 2.55 bits per heavy atom. The zero-order valence-electron chi connectivity index (χ0n) is 23.3. The van der Waals surface area contributed by atoms with Crippen LogP contribution < -0.4 is 14.2 Å². The number of benzene rings is 3. The van der Waals surface area contributed by atoms with Crippen LogP contribution in [0.3, 0.4) is 0 Å². The van der Waals surface area contributed by atoms with Gasteiger partial charge in [-0.2, -0.15) is 0 Å². The molecular formula is C33H33N3O4. The standard InChI is InChI=1S/C33H33N3O4/c1-5-22-18-30-34-27-14-15-35(31(37)20-40-26-12-10-23-8-6-7-9-24(23)16-26)32(33(27)36(30)19-21(22)2)25-11-13-28(38-3)29(17-25)39-4/h6-13,16-19,32H,5,14-15,20H2,1-4H3. The summed E-state index contributed by atoms with van der Waals surface area (Å²) in [7, 11) is 3.24. The number of imidazole rings is 1. The van der Waals surface area contributed by atoms with Gasteiger partial charge in [-0.15, -0.1) is 0 Å². The molecule has 0 bridgehead atoms. The minimum Gasteiger partial charge on any atom is -0.493 e. The summed E-state index contributed by atoms with van der Waals surface area (Å²) in [6.45, 7) is 4.76. The van der Waals surface area contributed by atoms with Crippen LogP contribution in [0.1, 0.15) is 41.0 Å². The lowest BCUT2D eigenvalue weighted by Gasteiger charge is -2.36. The van der Waals surface area contributed by atoms with E-state index < -0.39 is 0 Å². The van der Waals surface area contributed by atoms with Gasteiger partial charge in [0.15, 0.2) is 18.1 Å². The summed E-state index contributed by atoms with van der Waals surface area (Å²) in [5.41, 5.74) is 6.31. The monoisotopic (exact) mass is 535 g/mol. The van der Waals surface area contributed by atoms with Gasteiger partial charge in [-0.25, -0.2) is 4.98 Å². The van der Waals surface area contributed by atoms with E-state index in [0.29, 0.717) is 30.2 Å². The second kappa shape index (κ2) is 10.6. The third-order valence-electron chi connectivity index (χ3n) is 7.85. The van der Waals surface area contributed by atoms with Crippen LogP contribution in [0.15, 0.2) is 72.9 Å². The van der Waals surface area contributed by atoms with Gasteiger partial charge in [0.2, 0.25) is 0 Å². The van der Waals surface area contributed by atoms with Gasteiger partial charge in [0.25, 0.3) is 5.91 Å². The molecule has 6 rings (SSSR count). The molecule has 0 N–H and O–H groups in total. The van der Waals surface area contributed by atoms with E-state index in [1.165, 1.54) is 11.1 Å². The van der Waals surface area contributed by atoms with Crippen molar-refractivity contribution in [2.75, 3.05) is 27.4 Å². The zero-order chi connectivity index (χ0) is 27.8. The predicted octanol–water partition coefficient (Wildman–Crippen LogP) is 5.93. The van der Waals surface area contributed by atoms with Crippen molar-refractivity contribution in [3.8, 4) is 17.2 Å². The molecule has 40 heavy (non-hydrogen) atoms. The quantitative estimate of drug-likeness (QED) is 0.259. The molecule has 0 spiro atoms. The van der Waals surface area contributed by atoms with Gasteiger partial charge in [-0.3, -0.25) is 4.79 Å². The number of hydrogen-bond donors (Lipinski definition) is 0. The maximum Gasteiger partial charge on any atom is 0.261 e. The van der Waals surface area contributed by atoms with E-state index in [9.17, 15) is 4.79 Å². The number of aromatic nitrogens is 2. The zero-order valence-corrected chi connectivity index (χ0v) is 23.3. The fraction of sp³-hybridized carbons (Fsp3) is 0.273. The minimum atomic E-state index is -0.363. The Kier molecular flexibility index (Phi) is 6.80. The second-order valence-corrected chi connectivity index (χ2v) is 10.2. The molecule has 3 heterocycles. The van der Waals surface area contributed by atoms with Crippen molar-refractivity contribution in [3.05, 3.63) is 101 Å². The number of hydrogen-bond acceptors (Lipinski definition) is 5. The highest BCUT2D eigenvalue weighted by molar-refractivity contribution is 5.84. The van der Waals surface area contributed by atoms with Crippen LogP contribution in [-0.4, -0.2) is 47.6 Å². The minimum absolute atomic E-state index is 0.0623. The lowest BCUT2D eigenvalue weighted by Crippen LogP contribution is -2.43. The Labute approximate surface area is 233 Å². The van der Waals surface area contributed by atoms with Gasteiger partial charge < -0.3 is 23.5 Å². The summed E-state index contributed by atoms with van der Waals surface area (Å²) in [5, 5.41) is 2.21. The molecule has 0 saturated carbocycles. The summed E-state index contributed by atoms with van der Waals surface area (Å²) in [4.78, 5) is 20.8. The molecule has 0 aliphatic carbocycles. The Hall–Kier alpha value is -4.52. The van der Waals surface area contributed by atoms with Crippen molar-refractivity contribution in [1.82, 2.24) is 14.3 Å². The molecule has 1 aliphatic heterocycles. The van der Waals surface area contributed by atoms with Crippen LogP contribution in [0.5, 0.6) is 17.2 Å². The maximum atomic E-state index is 13.8. The first-order valence-corrected chi connectivity index (χ1v) is 13.6. The molecule has 0 fully saturated rings. The van der Waals surface area contributed by atoms with Gasteiger partial charge in [0.1, 0.15) is 11.4 Å². The van der Waals surface area contributed by atoms with E-state index in [-0.39, 0.29) is 18.6 Å². The normalized spacial score (nSPS) is 14.8. The molecule has 0 saturated heterocycles. The SMILES string of the molecule is CCc1cc2nc3c(n2cc1C)C(c1ccc(OC)c(OC)c1)N(C(=O)COc1ccc2ccccc2c1)CC3. The first-order chi connectivity index (χ1) is 19.5. The molecule has 1 unspecified atom stereocenters. The number of carbonyl (C=O) groups is 1. The number of aryl methyl sites for hydroxylation is 2. The van der Waals surface area contributed by atoms with E-state index in [1.807, 2.05) is 59.5 Å². The number of amides is 1. The summed E-state index contributed by atoms with van der Waals surface area (Å²) in [6, 6.07) is 21.6. The summed E-state index contributed by atoms with van der Waals surface area (Å²) < 4.78 is 19.3. The lowest BCUT2D eigenvalue weighted by atomic mass is 9.94. The average molecular weight is 536 g/mol. The van der Waals surface area contributed by atoms with E-state index in [1.54, 1.807) is 14.2 Å². The van der Waals surface area contributed by atoms with Crippen molar-refractivity contribution in [3.63, 3.8) is 0 Å². The molecule has 2 aromatic heterocycles. The Bertz CT molecular complexity index is 1720. The first kappa shape index (κ1) is 25.7. The molecule has 1 aliphatic rings. The number of ether oxygens (including phenoxy) is 3. The van der Waals surface area contributed by atoms with E-state index in [0.717, 1.165) is 39.8 Å². The highest BCUT2D eigenvalue weighted by atomic mass is 16.5. The number of methoxy groups -OCH3 is 2. The molecule has 1 amide bonds. The molecule has 7 nitrogen and oxygen atoms in total. The van der Waals surface area contributed by atoms with Gasteiger partial charge in [0, 0.05) is 19.2 Å². The average Bonchev–Trinajstić information content (AvgIpc) is 3.35. The molecule has 1 atom stereocenters. The molecule has 204 valence electrons. The van der Waals surface area contributed by atoms with Crippen LogP contribution in [0.2, 0.25) is 0 Å². The fourth-order valence-electron chi connectivity index (χ4n) is 5.77. The summed E-state index contributed by atoms with van der Waals surface area (Å²) >= 11 is 0. The van der Waals surface area contributed by atoms with Crippen LogP contribution in [0.25, 0.3) is 16.4 Å². The van der Waals surface area contributed by atoms with Crippen molar-refractivity contribution in [1.29, 1.82) is 0 Å². The topological polar surface area (TPSA) is 65.3 Å². The predicted molar refractivity (Wildman–Crippen MR) is 156 cm³/mol. The first-order valence-electron chi connectivity index (χ1n) is 13.6. The number of nitrogens with zero attached hydrogens (tertiary/aromatic N) is 3. The van der Waals surface area contributed by atoms with Crippen LogP contribution >= 0.6 is 0 Å². The Morgan fingerprint density at radius 1 is 0.975 bits per heavy atom. The lowest BCUT2D eigenvalue weighted by molar-refractivity contribution is -0.135. The van der Waals surface area contributed by atoms with Gasteiger partial charge in [-0.1, -0.05) is 43.3 Å². The third kappa shape index (κ3) is 4.51. The van der Waals surface area contributed by atoms with E-state index >= 15 is 0 Å². The van der Waals surface area contributed by atoms with Crippen LogP contribution in [0, 0.1) is 6.92 Å². The maximum absolute atomic E-state index is 13.8. The van der Waals surface area contributed by atoms with Gasteiger partial charge >= 0.3 is 0 Å². The molecule has 7 heteroatoms. The summed E-state index contributed by atoms with van der Waals surface area (Å²) in [6.07, 6.45) is 3.76. The molecule has 5 aromatic rings. The Morgan fingerprint density at radius 2 is 1.77 bits per heavy atom. The van der Waals surface area contributed by atoms with E-state index in [4.69, 9.17) is 19.2 Å². The van der Waals surface area contributed by atoms with Crippen LogP contribution in [0.4, 0.5) is 0 Å². The molecule has 0 radical (unpaired) electrons. The third-order valence-corrected chi connectivity index (χ3v) is 7.85. The number of fused-ring (bicyclic) bond motifs is 4. The molecular weight excluding hydrogens is 502 g/mol. The largest absolute Gasteiger partial charge is 0.493 e. The van der Waals surface area contributed by atoms with Crippen molar-refractivity contribution in [2.45, 2.75) is 32.7 Å². The Balaban J connectivity index is 1.39.